The van der Waals surface area contributed by atoms with Gasteiger partial charge in [0.05, 0.1) is 10.1 Å². The lowest BCUT2D eigenvalue weighted by molar-refractivity contribution is 0.583. The van der Waals surface area contributed by atoms with Gasteiger partial charge in [-0.1, -0.05) is 6.07 Å². The summed E-state index contributed by atoms with van der Waals surface area (Å²) < 4.78 is 24.3. The van der Waals surface area contributed by atoms with E-state index in [2.05, 4.69) is 0 Å². The maximum atomic E-state index is 12.2. The molecule has 1 aliphatic rings. The first-order chi connectivity index (χ1) is 8.05. The number of hydrogen-bond acceptors (Lipinski definition) is 3. The molecule has 4 heteroatoms. The highest BCUT2D eigenvalue weighted by Gasteiger charge is 2.23. The number of sulfone groups is 1. The predicted octanol–water partition coefficient (Wildman–Crippen LogP) is 1.69. The molecule has 0 saturated carbocycles. The van der Waals surface area contributed by atoms with Crippen LogP contribution in [0.15, 0.2) is 23.1 Å². The molecule has 0 spiro atoms. The Bertz CT molecular complexity index is 508. The third kappa shape index (κ3) is 2.38. The van der Waals surface area contributed by atoms with E-state index >= 15 is 0 Å². The minimum atomic E-state index is -3.25. The number of aryl methyl sites for hydroxylation is 2. The van der Waals surface area contributed by atoms with E-state index in [1.807, 2.05) is 12.1 Å². The van der Waals surface area contributed by atoms with Crippen LogP contribution in [0.4, 0.5) is 0 Å². The summed E-state index contributed by atoms with van der Waals surface area (Å²) in [5.74, 6) is 0. The second-order valence-electron chi connectivity index (χ2n) is 4.73. The van der Waals surface area contributed by atoms with Crippen molar-refractivity contribution in [2.75, 3.05) is 6.54 Å². The minimum absolute atomic E-state index is 0.166. The summed E-state index contributed by atoms with van der Waals surface area (Å²) in [5, 5.41) is -0.510. The molecule has 0 saturated heterocycles. The molecule has 1 aromatic rings. The van der Waals surface area contributed by atoms with E-state index in [1.165, 1.54) is 17.5 Å². The third-order valence-corrected chi connectivity index (χ3v) is 5.67. The van der Waals surface area contributed by atoms with Crippen molar-refractivity contribution in [3.8, 4) is 0 Å². The lowest BCUT2D eigenvalue weighted by atomic mass is 9.92. The molecule has 2 N–H and O–H groups in total. The van der Waals surface area contributed by atoms with Crippen LogP contribution in [-0.2, 0) is 22.7 Å². The van der Waals surface area contributed by atoms with Gasteiger partial charge in [-0.3, -0.25) is 0 Å². The van der Waals surface area contributed by atoms with Gasteiger partial charge in [0, 0.05) is 6.54 Å². The van der Waals surface area contributed by atoms with Crippen molar-refractivity contribution in [1.82, 2.24) is 0 Å². The molecule has 3 nitrogen and oxygen atoms in total. The van der Waals surface area contributed by atoms with Gasteiger partial charge < -0.3 is 5.73 Å². The zero-order chi connectivity index (χ0) is 12.5. The fourth-order valence-corrected chi connectivity index (χ4v) is 3.53. The largest absolute Gasteiger partial charge is 0.329 e. The molecule has 94 valence electrons. The van der Waals surface area contributed by atoms with Crippen molar-refractivity contribution in [2.24, 2.45) is 5.73 Å². The second kappa shape index (κ2) is 4.78. The van der Waals surface area contributed by atoms with Crippen molar-refractivity contribution in [3.63, 3.8) is 0 Å². The summed E-state index contributed by atoms with van der Waals surface area (Å²) in [4.78, 5) is 0.427. The normalized spacial score (nSPS) is 17.5. The first-order valence-electron chi connectivity index (χ1n) is 6.11. The number of benzene rings is 1. The van der Waals surface area contributed by atoms with E-state index in [0.717, 1.165) is 19.3 Å². The van der Waals surface area contributed by atoms with Gasteiger partial charge >= 0.3 is 0 Å². The van der Waals surface area contributed by atoms with Gasteiger partial charge in [0.25, 0.3) is 0 Å². The molecule has 0 aromatic heterocycles. The minimum Gasteiger partial charge on any atom is -0.329 e. The predicted molar refractivity (Wildman–Crippen MR) is 68.8 cm³/mol. The summed E-state index contributed by atoms with van der Waals surface area (Å²) in [7, 11) is -3.25. The highest BCUT2D eigenvalue weighted by molar-refractivity contribution is 7.92. The molecule has 0 radical (unpaired) electrons. The van der Waals surface area contributed by atoms with E-state index in [9.17, 15) is 8.42 Å². The Balaban J connectivity index is 2.41. The number of nitrogens with two attached hydrogens (primary N) is 1. The van der Waals surface area contributed by atoms with Crippen LogP contribution in [0.1, 0.15) is 30.9 Å². The molecule has 0 bridgehead atoms. The molecule has 1 atom stereocenters. The monoisotopic (exact) mass is 253 g/mol. The SMILES string of the molecule is CC(CN)S(=O)(=O)c1ccc2c(c1)CCCC2. The van der Waals surface area contributed by atoms with Crippen LogP contribution in [0, 0.1) is 0 Å². The molecule has 0 heterocycles. The molecule has 1 unspecified atom stereocenters. The molecular weight excluding hydrogens is 234 g/mol. The van der Waals surface area contributed by atoms with Crippen LogP contribution in [0.3, 0.4) is 0 Å². The Morgan fingerprint density at radius 1 is 1.24 bits per heavy atom. The van der Waals surface area contributed by atoms with E-state index in [4.69, 9.17) is 5.73 Å². The lowest BCUT2D eigenvalue weighted by Crippen LogP contribution is -2.26. The molecule has 0 fully saturated rings. The van der Waals surface area contributed by atoms with Crippen LogP contribution in [0.5, 0.6) is 0 Å². The van der Waals surface area contributed by atoms with Gasteiger partial charge in [0.1, 0.15) is 0 Å². The van der Waals surface area contributed by atoms with E-state index < -0.39 is 15.1 Å². The van der Waals surface area contributed by atoms with Crippen molar-refractivity contribution in [1.29, 1.82) is 0 Å². The molecule has 1 aliphatic carbocycles. The summed E-state index contributed by atoms with van der Waals surface area (Å²) in [6, 6.07) is 5.53. The zero-order valence-electron chi connectivity index (χ0n) is 10.1. The Morgan fingerprint density at radius 3 is 2.53 bits per heavy atom. The van der Waals surface area contributed by atoms with E-state index in [1.54, 1.807) is 13.0 Å². The molecule has 17 heavy (non-hydrogen) atoms. The second-order valence-corrected chi connectivity index (χ2v) is 7.10. The van der Waals surface area contributed by atoms with Gasteiger partial charge in [-0.05, 0) is 55.9 Å². The van der Waals surface area contributed by atoms with Crippen LogP contribution in [-0.4, -0.2) is 20.2 Å². The Kier molecular flexibility index (Phi) is 3.54. The highest BCUT2D eigenvalue weighted by Crippen LogP contribution is 2.25. The van der Waals surface area contributed by atoms with E-state index in [-0.39, 0.29) is 6.54 Å². The van der Waals surface area contributed by atoms with Crippen molar-refractivity contribution >= 4 is 9.84 Å². The number of hydrogen-bond donors (Lipinski definition) is 1. The fraction of sp³-hybridized carbons (Fsp3) is 0.538. The van der Waals surface area contributed by atoms with Gasteiger partial charge in [-0.15, -0.1) is 0 Å². The smallest absolute Gasteiger partial charge is 0.182 e. The highest BCUT2D eigenvalue weighted by atomic mass is 32.2. The third-order valence-electron chi connectivity index (χ3n) is 3.51. The average Bonchev–Trinajstić information content (AvgIpc) is 2.37. The zero-order valence-corrected chi connectivity index (χ0v) is 11.0. The van der Waals surface area contributed by atoms with Crippen LogP contribution < -0.4 is 5.73 Å². The van der Waals surface area contributed by atoms with Crippen LogP contribution in [0.25, 0.3) is 0 Å². The van der Waals surface area contributed by atoms with Crippen molar-refractivity contribution in [3.05, 3.63) is 29.3 Å². The topological polar surface area (TPSA) is 60.2 Å². The molecule has 0 amide bonds. The maximum absolute atomic E-state index is 12.2. The molecule has 2 rings (SSSR count). The average molecular weight is 253 g/mol. The number of rotatable bonds is 3. The quantitative estimate of drug-likeness (QED) is 0.891. The standard InChI is InChI=1S/C13H19NO2S/c1-10(9-14)17(15,16)13-7-6-11-4-2-3-5-12(11)8-13/h6-8,10H,2-5,9,14H2,1H3. The van der Waals surface area contributed by atoms with Gasteiger partial charge in [0.15, 0.2) is 9.84 Å². The Hall–Kier alpha value is -0.870. The van der Waals surface area contributed by atoms with Gasteiger partial charge in [-0.25, -0.2) is 8.42 Å². The Labute approximate surface area is 103 Å². The number of fused-ring (bicyclic) bond motifs is 1. The first-order valence-corrected chi connectivity index (χ1v) is 7.66. The summed E-state index contributed by atoms with van der Waals surface area (Å²) in [5.41, 5.74) is 7.95. The molecular formula is C13H19NO2S. The van der Waals surface area contributed by atoms with Crippen LogP contribution >= 0.6 is 0 Å². The fourth-order valence-electron chi connectivity index (χ4n) is 2.25. The first kappa shape index (κ1) is 12.6. The summed E-state index contributed by atoms with van der Waals surface area (Å²) >= 11 is 0. The summed E-state index contributed by atoms with van der Waals surface area (Å²) in [6.07, 6.45) is 4.43. The lowest BCUT2D eigenvalue weighted by Gasteiger charge is -2.18. The Morgan fingerprint density at radius 2 is 1.88 bits per heavy atom. The van der Waals surface area contributed by atoms with Gasteiger partial charge in [0.2, 0.25) is 0 Å². The molecule has 0 aliphatic heterocycles. The molecule has 1 aromatic carbocycles. The van der Waals surface area contributed by atoms with Crippen LogP contribution in [0.2, 0.25) is 0 Å². The summed E-state index contributed by atoms with van der Waals surface area (Å²) in [6.45, 7) is 1.83. The van der Waals surface area contributed by atoms with Crippen molar-refractivity contribution in [2.45, 2.75) is 42.8 Å². The van der Waals surface area contributed by atoms with Crippen molar-refractivity contribution < 1.29 is 8.42 Å². The van der Waals surface area contributed by atoms with E-state index in [0.29, 0.717) is 4.90 Å². The maximum Gasteiger partial charge on any atom is 0.182 e. The van der Waals surface area contributed by atoms with Gasteiger partial charge in [-0.2, -0.15) is 0 Å².